The highest BCUT2D eigenvalue weighted by Gasteiger charge is 2.35. The van der Waals surface area contributed by atoms with Gasteiger partial charge >= 0.3 is 0 Å². The molecule has 0 aliphatic carbocycles. The topological polar surface area (TPSA) is 113 Å². The highest BCUT2D eigenvalue weighted by molar-refractivity contribution is 5.94. The number of piperidine rings is 1. The van der Waals surface area contributed by atoms with Crippen LogP contribution >= 0.6 is 0 Å². The van der Waals surface area contributed by atoms with Crippen LogP contribution in [0.25, 0.3) is 0 Å². The van der Waals surface area contributed by atoms with Crippen molar-refractivity contribution < 1.29 is 29.0 Å². The number of carbonyl (C=O) groups is 2. The van der Waals surface area contributed by atoms with Crippen LogP contribution in [0.3, 0.4) is 0 Å². The fourth-order valence-corrected chi connectivity index (χ4v) is 4.37. The Kier molecular flexibility index (Phi) is 6.82. The summed E-state index contributed by atoms with van der Waals surface area (Å²) >= 11 is 0. The van der Waals surface area contributed by atoms with E-state index in [0.29, 0.717) is 22.9 Å². The van der Waals surface area contributed by atoms with Gasteiger partial charge in [-0.1, -0.05) is 18.2 Å². The highest BCUT2D eigenvalue weighted by Crippen LogP contribution is 2.37. The molecule has 10 heteroatoms. The second-order valence-corrected chi connectivity index (χ2v) is 8.56. The monoisotopic (exact) mass is 480 g/mol. The number of nitrogens with zero attached hydrogens (tertiary/aromatic N) is 3. The molecule has 2 amide bonds. The maximum Gasteiger partial charge on any atom is 0.252 e. The molecule has 0 saturated carbocycles. The number of likely N-dealkylation sites (tertiary alicyclic amines) is 1. The summed E-state index contributed by atoms with van der Waals surface area (Å²) in [6.07, 6.45) is 7.78. The molecule has 2 aromatic rings. The van der Waals surface area contributed by atoms with Crippen molar-refractivity contribution in [1.29, 1.82) is 0 Å². The summed E-state index contributed by atoms with van der Waals surface area (Å²) < 4.78 is 10.9. The third-order valence-electron chi connectivity index (χ3n) is 6.23. The van der Waals surface area contributed by atoms with Gasteiger partial charge in [0.1, 0.15) is 6.10 Å². The Morgan fingerprint density at radius 2 is 1.89 bits per heavy atom. The van der Waals surface area contributed by atoms with Gasteiger partial charge in [-0.05, 0) is 49.1 Å². The summed E-state index contributed by atoms with van der Waals surface area (Å²) in [5.41, 5.74) is 1.19. The van der Waals surface area contributed by atoms with E-state index in [-0.39, 0.29) is 31.8 Å². The molecule has 5 rings (SSSR count). The summed E-state index contributed by atoms with van der Waals surface area (Å²) in [5.74, 6) is 1.36. The summed E-state index contributed by atoms with van der Waals surface area (Å²) in [5, 5.41) is 13.0. The molecule has 2 unspecified atom stereocenters. The minimum atomic E-state index is -0.681. The Morgan fingerprint density at radius 3 is 2.66 bits per heavy atom. The van der Waals surface area contributed by atoms with Crippen LogP contribution in [0, 0.1) is 0 Å². The minimum Gasteiger partial charge on any atom is -0.454 e. The van der Waals surface area contributed by atoms with Crippen LogP contribution in [0.1, 0.15) is 41.3 Å². The molecule has 1 saturated heterocycles. The lowest BCUT2D eigenvalue weighted by molar-refractivity contribution is -0.135. The van der Waals surface area contributed by atoms with E-state index in [1.807, 2.05) is 35.3 Å². The van der Waals surface area contributed by atoms with Crippen molar-refractivity contribution in [2.24, 2.45) is 0 Å². The van der Waals surface area contributed by atoms with Crippen molar-refractivity contribution in [3.63, 3.8) is 0 Å². The first kappa shape index (κ1) is 23.1. The third kappa shape index (κ3) is 4.94. The van der Waals surface area contributed by atoms with Crippen LogP contribution in [-0.4, -0.2) is 65.9 Å². The van der Waals surface area contributed by atoms with E-state index in [9.17, 15) is 9.59 Å². The van der Waals surface area contributed by atoms with E-state index >= 15 is 0 Å². The molecule has 3 aliphatic heterocycles. The number of hydrogen-bond donors (Lipinski definition) is 2. The number of ether oxygens (including phenoxy) is 2. The zero-order valence-electron chi connectivity index (χ0n) is 19.3. The van der Waals surface area contributed by atoms with Crippen LogP contribution in [0.4, 0.5) is 5.82 Å². The molecule has 2 atom stereocenters. The molecule has 4 heterocycles. The number of anilines is 1. The molecule has 10 nitrogen and oxygen atoms in total. The Morgan fingerprint density at radius 1 is 1.06 bits per heavy atom. The molecule has 35 heavy (non-hydrogen) atoms. The maximum atomic E-state index is 13.4. The van der Waals surface area contributed by atoms with Crippen molar-refractivity contribution in [1.82, 2.24) is 15.2 Å². The average Bonchev–Trinajstić information content (AvgIpc) is 3.40. The minimum absolute atomic E-state index is 0.0448. The van der Waals surface area contributed by atoms with Crippen molar-refractivity contribution >= 4 is 17.6 Å². The number of aliphatic hydroxyl groups excluding tert-OH is 1. The molecule has 1 aromatic carbocycles. The SMILES string of the molecule is O=C(NCCO)c1ccc(N2OC(c3ccc4c(c3)OCO4)C=CC2C(=O)N2CCCCC2)nc1. The second kappa shape index (κ2) is 10.3. The van der Waals surface area contributed by atoms with E-state index in [4.69, 9.17) is 19.4 Å². The van der Waals surface area contributed by atoms with Gasteiger partial charge in [0, 0.05) is 25.8 Å². The number of amides is 2. The Labute approximate surface area is 203 Å². The molecule has 1 aromatic heterocycles. The van der Waals surface area contributed by atoms with Crippen molar-refractivity contribution in [3.8, 4) is 11.5 Å². The number of benzene rings is 1. The molecular formula is C25H28N4O6. The van der Waals surface area contributed by atoms with E-state index in [1.54, 1.807) is 12.1 Å². The molecule has 0 radical (unpaired) electrons. The predicted molar refractivity (Wildman–Crippen MR) is 126 cm³/mol. The average molecular weight is 481 g/mol. The fraction of sp³-hybridized carbons (Fsp3) is 0.400. The lowest BCUT2D eigenvalue weighted by Crippen LogP contribution is -2.51. The van der Waals surface area contributed by atoms with Gasteiger partial charge in [-0.3, -0.25) is 14.4 Å². The van der Waals surface area contributed by atoms with Crippen molar-refractivity contribution in [3.05, 3.63) is 59.8 Å². The largest absolute Gasteiger partial charge is 0.454 e. The summed E-state index contributed by atoms with van der Waals surface area (Å²) in [6.45, 7) is 1.64. The fourth-order valence-electron chi connectivity index (χ4n) is 4.37. The van der Waals surface area contributed by atoms with Crippen molar-refractivity contribution in [2.75, 3.05) is 38.1 Å². The van der Waals surface area contributed by atoms with Gasteiger partial charge in [-0.2, -0.15) is 0 Å². The van der Waals surface area contributed by atoms with Crippen LogP contribution in [0.2, 0.25) is 0 Å². The molecule has 3 aliphatic rings. The van der Waals surface area contributed by atoms with Crippen LogP contribution in [-0.2, 0) is 9.63 Å². The normalized spacial score (nSPS) is 21.2. The van der Waals surface area contributed by atoms with Crippen molar-refractivity contribution in [2.45, 2.75) is 31.4 Å². The smallest absolute Gasteiger partial charge is 0.252 e. The zero-order valence-corrected chi connectivity index (χ0v) is 19.3. The molecule has 1 fully saturated rings. The summed E-state index contributed by atoms with van der Waals surface area (Å²) in [4.78, 5) is 38.2. The number of pyridine rings is 1. The van der Waals surface area contributed by atoms with Crippen LogP contribution < -0.4 is 19.9 Å². The number of fused-ring (bicyclic) bond motifs is 1. The second-order valence-electron chi connectivity index (χ2n) is 8.56. The van der Waals surface area contributed by atoms with Gasteiger partial charge in [0.2, 0.25) is 6.79 Å². The van der Waals surface area contributed by atoms with E-state index in [0.717, 1.165) is 37.9 Å². The Balaban J connectivity index is 1.42. The molecule has 0 bridgehead atoms. The van der Waals surface area contributed by atoms with Gasteiger partial charge < -0.3 is 24.8 Å². The van der Waals surface area contributed by atoms with Crippen LogP contribution in [0.5, 0.6) is 11.5 Å². The Bertz CT molecular complexity index is 1100. The standard InChI is InChI=1S/C25H28N4O6/c30-13-10-26-24(31)18-5-9-23(27-15-18)29-19(25(32)28-11-2-1-3-12-28)6-8-20(35-29)17-4-7-21-22(14-17)34-16-33-21/h4-9,14-15,19-20,30H,1-3,10-13,16H2,(H,26,31). The molecule has 2 N–H and O–H groups in total. The summed E-state index contributed by atoms with van der Waals surface area (Å²) in [6, 6.07) is 8.19. The number of aromatic nitrogens is 1. The van der Waals surface area contributed by atoms with Gasteiger partial charge in [-0.15, -0.1) is 0 Å². The first-order valence-corrected chi connectivity index (χ1v) is 11.8. The molecule has 184 valence electrons. The first-order valence-electron chi connectivity index (χ1n) is 11.8. The third-order valence-corrected chi connectivity index (χ3v) is 6.23. The Hall–Kier alpha value is -3.63. The van der Waals surface area contributed by atoms with Gasteiger partial charge in [0.05, 0.1) is 12.2 Å². The highest BCUT2D eigenvalue weighted by atomic mass is 16.7. The summed E-state index contributed by atoms with van der Waals surface area (Å²) in [7, 11) is 0. The lowest BCUT2D eigenvalue weighted by Gasteiger charge is -2.38. The quantitative estimate of drug-likeness (QED) is 0.604. The molecule has 0 spiro atoms. The number of carbonyl (C=O) groups excluding carboxylic acids is 2. The number of hydroxylamine groups is 1. The van der Waals surface area contributed by atoms with Crippen LogP contribution in [0.15, 0.2) is 48.7 Å². The van der Waals surface area contributed by atoms with Gasteiger partial charge in [0.25, 0.3) is 11.8 Å². The lowest BCUT2D eigenvalue weighted by atomic mass is 10.0. The zero-order chi connectivity index (χ0) is 24.2. The molecular weight excluding hydrogens is 452 g/mol. The van der Waals surface area contributed by atoms with Gasteiger partial charge in [-0.25, -0.2) is 10.0 Å². The van der Waals surface area contributed by atoms with E-state index in [1.165, 1.54) is 11.3 Å². The first-order chi connectivity index (χ1) is 17.1. The maximum absolute atomic E-state index is 13.4. The number of nitrogens with one attached hydrogen (secondary N) is 1. The number of aliphatic hydroxyl groups is 1. The predicted octanol–water partition coefficient (Wildman–Crippen LogP) is 1.96. The van der Waals surface area contributed by atoms with Gasteiger partial charge in [0.15, 0.2) is 23.4 Å². The van der Waals surface area contributed by atoms with E-state index in [2.05, 4.69) is 10.3 Å². The number of hydrogen-bond acceptors (Lipinski definition) is 8. The van der Waals surface area contributed by atoms with E-state index < -0.39 is 12.1 Å². The number of rotatable bonds is 6.